The summed E-state index contributed by atoms with van der Waals surface area (Å²) in [5.41, 5.74) is -1.14. The molecule has 0 aromatic heterocycles. The number of hydrogen-bond acceptors (Lipinski definition) is 6. The molecule has 1 aromatic rings. The van der Waals surface area contributed by atoms with Crippen molar-refractivity contribution in [3.63, 3.8) is 0 Å². The van der Waals surface area contributed by atoms with Crippen LogP contribution in [0.1, 0.15) is 53.0 Å². The molecule has 0 aliphatic carbocycles. The number of ether oxygens (including phenoxy) is 1. The predicted octanol–water partition coefficient (Wildman–Crippen LogP) is 5.33. The van der Waals surface area contributed by atoms with Crippen molar-refractivity contribution >= 4 is 35.5 Å². The third-order valence-electron chi connectivity index (χ3n) is 4.56. The van der Waals surface area contributed by atoms with Gasteiger partial charge < -0.3 is 13.8 Å². The van der Waals surface area contributed by atoms with Gasteiger partial charge in [-0.05, 0) is 59.2 Å². The van der Waals surface area contributed by atoms with Gasteiger partial charge in [0.05, 0.1) is 13.2 Å². The molecule has 0 N–H and O–H groups in total. The van der Waals surface area contributed by atoms with E-state index in [1.165, 1.54) is 0 Å². The van der Waals surface area contributed by atoms with Gasteiger partial charge in [-0.1, -0.05) is 28.1 Å². The van der Waals surface area contributed by atoms with Crippen LogP contribution < -0.4 is 0 Å². The van der Waals surface area contributed by atoms with Crippen molar-refractivity contribution in [2.24, 2.45) is 0 Å². The Balaban J connectivity index is 2.56. The van der Waals surface area contributed by atoms with Crippen molar-refractivity contribution in [2.75, 3.05) is 13.2 Å². The molecule has 2 rings (SSSR count). The molecule has 1 aliphatic heterocycles. The quantitative estimate of drug-likeness (QED) is 0.502. The lowest BCUT2D eigenvalue weighted by Gasteiger charge is -2.27. The van der Waals surface area contributed by atoms with Gasteiger partial charge in [-0.15, -0.1) is 0 Å². The van der Waals surface area contributed by atoms with Gasteiger partial charge in [0, 0.05) is 16.4 Å². The summed E-state index contributed by atoms with van der Waals surface area (Å²) in [5, 5.41) is 0. The fourth-order valence-corrected chi connectivity index (χ4v) is 6.11. The zero-order valence-electron chi connectivity index (χ0n) is 17.7. The summed E-state index contributed by atoms with van der Waals surface area (Å²) < 4.78 is 30.9. The third-order valence-corrected chi connectivity index (χ3v) is 7.55. The minimum absolute atomic E-state index is 0.120. The van der Waals surface area contributed by atoms with Gasteiger partial charge in [0.15, 0.2) is 0 Å². The summed E-state index contributed by atoms with van der Waals surface area (Å²) in [6, 6.07) is 6.77. The number of carbonyl (C=O) groups excluding carboxylic acids is 2. The molecule has 7 nitrogen and oxygen atoms in total. The number of imide groups is 1. The lowest BCUT2D eigenvalue weighted by molar-refractivity contribution is -0.127. The fraction of sp³-hybridized carbons (Fsp3) is 0.600. The largest absolute Gasteiger partial charge is 0.443 e. The number of rotatable bonds is 6. The first-order valence-electron chi connectivity index (χ1n) is 9.65. The smallest absolute Gasteiger partial charge is 0.417 e. The van der Waals surface area contributed by atoms with E-state index in [1.807, 2.05) is 24.3 Å². The van der Waals surface area contributed by atoms with Crippen molar-refractivity contribution in [3.05, 3.63) is 34.3 Å². The molecule has 1 aliphatic rings. The van der Waals surface area contributed by atoms with E-state index < -0.39 is 42.8 Å². The van der Waals surface area contributed by atoms with Gasteiger partial charge in [0.25, 0.3) is 0 Å². The molecule has 1 heterocycles. The molecule has 1 fully saturated rings. The number of benzene rings is 1. The zero-order chi connectivity index (χ0) is 22.0. The number of halogens is 1. The molecule has 0 bridgehead atoms. The van der Waals surface area contributed by atoms with Crippen LogP contribution in [-0.2, 0) is 23.1 Å². The third kappa shape index (κ3) is 5.29. The highest BCUT2D eigenvalue weighted by molar-refractivity contribution is 9.10. The van der Waals surface area contributed by atoms with Crippen molar-refractivity contribution in [1.29, 1.82) is 0 Å². The van der Waals surface area contributed by atoms with E-state index in [2.05, 4.69) is 15.9 Å². The maximum Gasteiger partial charge on any atom is 0.417 e. The Morgan fingerprint density at radius 2 is 1.66 bits per heavy atom. The Hall–Kier alpha value is -1.21. The van der Waals surface area contributed by atoms with Gasteiger partial charge >= 0.3 is 13.7 Å². The number of likely N-dealkylation sites (tertiary alicyclic amines) is 1. The first-order valence-corrected chi connectivity index (χ1v) is 12.1. The highest BCUT2D eigenvalue weighted by atomic mass is 79.9. The van der Waals surface area contributed by atoms with Crippen LogP contribution in [0.4, 0.5) is 4.79 Å². The standard InChI is InChI=1S/C20H29BrNO6P/c1-7-26-29(25,27-8-2)17-16(14-9-11-15(21)12-10-14)13(3)22(18(17)23)19(24)28-20(4,5)6/h9-13,16-17H,7-8H2,1-6H3/t13-,16+,17+/m0/s1. The molecular weight excluding hydrogens is 461 g/mol. The van der Waals surface area contributed by atoms with Crippen LogP contribution in [0.25, 0.3) is 0 Å². The molecule has 162 valence electrons. The maximum atomic E-state index is 13.6. The highest BCUT2D eigenvalue weighted by Crippen LogP contribution is 2.61. The lowest BCUT2D eigenvalue weighted by atomic mass is 9.92. The SMILES string of the molecule is CCOP(=O)(OCC)[C@H]1C(=O)N(C(=O)OC(C)(C)C)[C@@H](C)[C@@H]1c1ccc(Br)cc1. The van der Waals surface area contributed by atoms with E-state index in [-0.39, 0.29) is 13.2 Å². The van der Waals surface area contributed by atoms with Crippen LogP contribution in [-0.4, -0.2) is 47.4 Å². The maximum absolute atomic E-state index is 13.6. The van der Waals surface area contributed by atoms with Gasteiger partial charge in [0.2, 0.25) is 5.91 Å². The topological polar surface area (TPSA) is 82.1 Å². The molecule has 1 aromatic carbocycles. The molecule has 29 heavy (non-hydrogen) atoms. The normalized spacial score (nSPS) is 22.8. The minimum atomic E-state index is -3.83. The number of amides is 2. The second kappa shape index (κ2) is 9.29. The minimum Gasteiger partial charge on any atom is -0.443 e. The van der Waals surface area contributed by atoms with Crippen LogP contribution in [0.3, 0.4) is 0 Å². The van der Waals surface area contributed by atoms with E-state index >= 15 is 0 Å². The number of nitrogens with zero attached hydrogens (tertiary/aromatic N) is 1. The molecule has 0 radical (unpaired) electrons. The Morgan fingerprint density at radius 1 is 1.14 bits per heavy atom. The second-order valence-electron chi connectivity index (χ2n) is 7.83. The van der Waals surface area contributed by atoms with E-state index in [1.54, 1.807) is 41.5 Å². The molecule has 2 amide bonds. The predicted molar refractivity (Wildman–Crippen MR) is 114 cm³/mol. The lowest BCUT2D eigenvalue weighted by Crippen LogP contribution is -2.42. The van der Waals surface area contributed by atoms with Crippen LogP contribution in [0.5, 0.6) is 0 Å². The Bertz CT molecular complexity index is 781. The summed E-state index contributed by atoms with van der Waals surface area (Å²) in [7, 11) is -3.83. The molecule has 0 unspecified atom stereocenters. The summed E-state index contributed by atoms with van der Waals surface area (Å²) in [6.45, 7) is 10.5. The molecule has 9 heteroatoms. The van der Waals surface area contributed by atoms with Crippen molar-refractivity contribution in [2.45, 2.75) is 64.8 Å². The number of hydrogen-bond donors (Lipinski definition) is 0. The molecular formula is C20H29BrNO6P. The van der Waals surface area contributed by atoms with E-state index in [9.17, 15) is 14.2 Å². The Morgan fingerprint density at radius 3 is 2.10 bits per heavy atom. The fourth-order valence-electron chi connectivity index (χ4n) is 3.52. The van der Waals surface area contributed by atoms with Gasteiger partial charge in [-0.3, -0.25) is 9.36 Å². The molecule has 1 saturated heterocycles. The molecule has 0 saturated carbocycles. The summed E-state index contributed by atoms with van der Waals surface area (Å²) in [4.78, 5) is 27.2. The van der Waals surface area contributed by atoms with Gasteiger partial charge in [0.1, 0.15) is 11.3 Å². The second-order valence-corrected chi connectivity index (χ2v) is 10.9. The summed E-state index contributed by atoms with van der Waals surface area (Å²) in [5.74, 6) is -1.17. The van der Waals surface area contributed by atoms with Crippen molar-refractivity contribution in [3.8, 4) is 0 Å². The van der Waals surface area contributed by atoms with Crippen molar-refractivity contribution in [1.82, 2.24) is 4.90 Å². The zero-order valence-corrected chi connectivity index (χ0v) is 20.2. The Labute approximate surface area is 180 Å². The average Bonchev–Trinajstić information content (AvgIpc) is 2.86. The van der Waals surface area contributed by atoms with Crippen LogP contribution in [0.15, 0.2) is 28.7 Å². The van der Waals surface area contributed by atoms with Crippen LogP contribution in [0.2, 0.25) is 0 Å². The first kappa shape index (κ1) is 24.1. The molecule has 3 atom stereocenters. The molecule has 0 spiro atoms. The monoisotopic (exact) mass is 489 g/mol. The number of carbonyl (C=O) groups is 2. The average molecular weight is 490 g/mol. The van der Waals surface area contributed by atoms with E-state index in [0.29, 0.717) is 0 Å². The highest BCUT2D eigenvalue weighted by Gasteiger charge is 2.59. The van der Waals surface area contributed by atoms with Gasteiger partial charge in [-0.25, -0.2) is 9.69 Å². The summed E-state index contributed by atoms with van der Waals surface area (Å²) in [6.07, 6.45) is -0.765. The summed E-state index contributed by atoms with van der Waals surface area (Å²) >= 11 is 3.40. The van der Waals surface area contributed by atoms with Crippen LogP contribution >= 0.6 is 23.5 Å². The van der Waals surface area contributed by atoms with E-state index in [4.69, 9.17) is 13.8 Å². The Kier molecular flexibility index (Phi) is 7.71. The van der Waals surface area contributed by atoms with Crippen molar-refractivity contribution < 1.29 is 27.9 Å². The van der Waals surface area contributed by atoms with Crippen LogP contribution in [0, 0.1) is 0 Å². The van der Waals surface area contributed by atoms with Gasteiger partial charge in [-0.2, -0.15) is 0 Å². The first-order chi connectivity index (χ1) is 13.4. The van der Waals surface area contributed by atoms with E-state index in [0.717, 1.165) is 14.9 Å².